The van der Waals surface area contributed by atoms with E-state index in [1.807, 2.05) is 12.1 Å². The van der Waals surface area contributed by atoms with Gasteiger partial charge in [0.05, 0.1) is 7.11 Å². The molecule has 1 fully saturated rings. The zero-order chi connectivity index (χ0) is 14.4. The van der Waals surface area contributed by atoms with Gasteiger partial charge in [-0.1, -0.05) is 0 Å². The van der Waals surface area contributed by atoms with E-state index in [2.05, 4.69) is 19.8 Å². The quantitative estimate of drug-likeness (QED) is 0.774. The third-order valence-electron chi connectivity index (χ3n) is 3.69. The molecule has 106 valence electrons. The lowest BCUT2D eigenvalue weighted by Crippen LogP contribution is -2.34. The molecule has 20 heavy (non-hydrogen) atoms. The van der Waals surface area contributed by atoms with Gasteiger partial charge in [-0.25, -0.2) is 0 Å². The van der Waals surface area contributed by atoms with Gasteiger partial charge in [0.1, 0.15) is 6.07 Å². The summed E-state index contributed by atoms with van der Waals surface area (Å²) in [5.74, 6) is 1.25. The summed E-state index contributed by atoms with van der Waals surface area (Å²) < 4.78 is 4.66. The van der Waals surface area contributed by atoms with Gasteiger partial charge in [0.15, 0.2) is 11.5 Å². The molecule has 0 saturated carbocycles. The van der Waals surface area contributed by atoms with Crippen LogP contribution in [0.3, 0.4) is 0 Å². The van der Waals surface area contributed by atoms with Gasteiger partial charge in [0.25, 0.3) is 0 Å². The van der Waals surface area contributed by atoms with Gasteiger partial charge < -0.3 is 9.64 Å². The van der Waals surface area contributed by atoms with Crippen LogP contribution in [-0.2, 0) is 9.53 Å². The molecule has 1 aliphatic rings. The predicted molar refractivity (Wildman–Crippen MR) is 72.9 cm³/mol. The average molecular weight is 274 g/mol. The average Bonchev–Trinajstić information content (AvgIpc) is 2.53. The standard InChI is InChI=1S/C14H18N4O2/c1-20-14(19)5-2-11-6-8-18(9-7-11)13-4-3-12(10-15)16-17-13/h3-4,11H,2,5-9H2,1H3. The van der Waals surface area contributed by atoms with Gasteiger partial charge >= 0.3 is 5.97 Å². The molecular formula is C14H18N4O2. The summed E-state index contributed by atoms with van der Waals surface area (Å²) >= 11 is 0. The van der Waals surface area contributed by atoms with Gasteiger partial charge in [-0.15, -0.1) is 10.2 Å². The minimum Gasteiger partial charge on any atom is -0.469 e. The van der Waals surface area contributed by atoms with Crippen LogP contribution in [0.15, 0.2) is 12.1 Å². The van der Waals surface area contributed by atoms with E-state index in [1.165, 1.54) is 7.11 Å². The van der Waals surface area contributed by atoms with E-state index >= 15 is 0 Å². The number of hydrogen-bond acceptors (Lipinski definition) is 6. The van der Waals surface area contributed by atoms with Crippen molar-refractivity contribution in [2.45, 2.75) is 25.7 Å². The lowest BCUT2D eigenvalue weighted by atomic mass is 9.92. The van der Waals surface area contributed by atoms with Crippen molar-refractivity contribution in [3.05, 3.63) is 17.8 Å². The van der Waals surface area contributed by atoms with Crippen LogP contribution in [0.25, 0.3) is 0 Å². The number of ether oxygens (including phenoxy) is 1. The smallest absolute Gasteiger partial charge is 0.305 e. The number of piperidine rings is 1. The Kier molecular flexibility index (Phi) is 4.88. The third-order valence-corrected chi connectivity index (χ3v) is 3.69. The van der Waals surface area contributed by atoms with Crippen molar-refractivity contribution in [1.82, 2.24) is 10.2 Å². The topological polar surface area (TPSA) is 79.1 Å². The molecule has 0 atom stereocenters. The normalized spacial score (nSPS) is 15.7. The first-order chi connectivity index (χ1) is 9.72. The number of methoxy groups -OCH3 is 1. The van der Waals surface area contributed by atoms with E-state index < -0.39 is 0 Å². The zero-order valence-corrected chi connectivity index (χ0v) is 11.6. The second kappa shape index (κ2) is 6.85. The molecule has 6 heteroatoms. The number of hydrogen-bond donors (Lipinski definition) is 0. The summed E-state index contributed by atoms with van der Waals surface area (Å²) in [7, 11) is 1.43. The van der Waals surface area contributed by atoms with Crippen LogP contribution in [0.1, 0.15) is 31.4 Å². The van der Waals surface area contributed by atoms with Crippen LogP contribution in [-0.4, -0.2) is 36.4 Å². The van der Waals surface area contributed by atoms with Crippen LogP contribution >= 0.6 is 0 Å². The fourth-order valence-corrected chi connectivity index (χ4v) is 2.43. The molecule has 0 bridgehead atoms. The Hall–Kier alpha value is -2.16. The maximum Gasteiger partial charge on any atom is 0.305 e. The number of anilines is 1. The molecule has 0 spiro atoms. The molecule has 0 aliphatic carbocycles. The zero-order valence-electron chi connectivity index (χ0n) is 11.6. The molecule has 1 saturated heterocycles. The fourth-order valence-electron chi connectivity index (χ4n) is 2.43. The highest BCUT2D eigenvalue weighted by atomic mass is 16.5. The van der Waals surface area contributed by atoms with Crippen LogP contribution < -0.4 is 4.90 Å². The summed E-state index contributed by atoms with van der Waals surface area (Å²) in [4.78, 5) is 13.3. The summed E-state index contributed by atoms with van der Waals surface area (Å²) in [6.45, 7) is 1.82. The number of esters is 1. The number of aromatic nitrogens is 2. The Morgan fingerprint density at radius 2 is 2.20 bits per heavy atom. The third kappa shape index (κ3) is 3.67. The Balaban J connectivity index is 1.81. The lowest BCUT2D eigenvalue weighted by Gasteiger charge is -2.32. The van der Waals surface area contributed by atoms with E-state index in [-0.39, 0.29) is 5.97 Å². The maximum absolute atomic E-state index is 11.1. The van der Waals surface area contributed by atoms with Gasteiger partial charge in [-0.05, 0) is 37.3 Å². The maximum atomic E-state index is 11.1. The SMILES string of the molecule is COC(=O)CCC1CCN(c2ccc(C#N)nn2)CC1. The lowest BCUT2D eigenvalue weighted by molar-refractivity contribution is -0.141. The van der Waals surface area contributed by atoms with Crippen LogP contribution in [0.2, 0.25) is 0 Å². The highest BCUT2D eigenvalue weighted by Gasteiger charge is 2.21. The molecule has 1 aliphatic heterocycles. The Morgan fingerprint density at radius 3 is 2.75 bits per heavy atom. The molecule has 0 unspecified atom stereocenters. The van der Waals surface area contributed by atoms with Gasteiger partial charge in [-0.3, -0.25) is 4.79 Å². The summed E-state index contributed by atoms with van der Waals surface area (Å²) in [6, 6.07) is 5.48. The molecule has 6 nitrogen and oxygen atoms in total. The molecule has 0 aromatic carbocycles. The highest BCUT2D eigenvalue weighted by molar-refractivity contribution is 5.69. The van der Waals surface area contributed by atoms with Crippen molar-refractivity contribution < 1.29 is 9.53 Å². The molecule has 2 heterocycles. The van der Waals surface area contributed by atoms with E-state index in [0.717, 1.165) is 38.2 Å². The number of rotatable bonds is 4. The molecule has 1 aromatic rings. The molecule has 2 rings (SSSR count). The van der Waals surface area contributed by atoms with Crippen LogP contribution in [0.5, 0.6) is 0 Å². The highest BCUT2D eigenvalue weighted by Crippen LogP contribution is 2.24. The molecule has 0 radical (unpaired) electrons. The van der Waals surface area contributed by atoms with Crippen molar-refractivity contribution in [3.8, 4) is 6.07 Å². The number of carbonyl (C=O) groups excluding carboxylic acids is 1. The van der Waals surface area contributed by atoms with E-state index in [0.29, 0.717) is 18.0 Å². The van der Waals surface area contributed by atoms with E-state index in [4.69, 9.17) is 5.26 Å². The summed E-state index contributed by atoms with van der Waals surface area (Å²) in [5, 5.41) is 16.6. The minimum atomic E-state index is -0.134. The molecule has 0 amide bonds. The van der Waals surface area contributed by atoms with Crippen molar-refractivity contribution >= 4 is 11.8 Å². The molecular weight excluding hydrogens is 256 g/mol. The Labute approximate surface area is 118 Å². The van der Waals surface area contributed by atoms with Crippen molar-refractivity contribution in [2.24, 2.45) is 5.92 Å². The van der Waals surface area contributed by atoms with Crippen molar-refractivity contribution in [2.75, 3.05) is 25.1 Å². The fraction of sp³-hybridized carbons (Fsp3) is 0.571. The minimum absolute atomic E-state index is 0.134. The first-order valence-corrected chi connectivity index (χ1v) is 6.78. The number of nitriles is 1. The first-order valence-electron chi connectivity index (χ1n) is 6.78. The van der Waals surface area contributed by atoms with Crippen molar-refractivity contribution in [3.63, 3.8) is 0 Å². The summed E-state index contributed by atoms with van der Waals surface area (Å²) in [5.41, 5.74) is 0.335. The number of nitrogens with zero attached hydrogens (tertiary/aromatic N) is 4. The van der Waals surface area contributed by atoms with Gasteiger partial charge in [-0.2, -0.15) is 5.26 Å². The van der Waals surface area contributed by atoms with Gasteiger partial charge in [0, 0.05) is 19.5 Å². The second-order valence-corrected chi connectivity index (χ2v) is 4.93. The predicted octanol–water partition coefficient (Wildman–Crippen LogP) is 1.52. The second-order valence-electron chi connectivity index (χ2n) is 4.93. The van der Waals surface area contributed by atoms with Crippen LogP contribution in [0.4, 0.5) is 5.82 Å². The molecule has 0 N–H and O–H groups in total. The van der Waals surface area contributed by atoms with E-state index in [1.54, 1.807) is 6.07 Å². The monoisotopic (exact) mass is 274 g/mol. The Morgan fingerprint density at radius 1 is 1.45 bits per heavy atom. The van der Waals surface area contributed by atoms with Crippen molar-refractivity contribution in [1.29, 1.82) is 5.26 Å². The Bertz CT molecular complexity index is 487. The van der Waals surface area contributed by atoms with Gasteiger partial charge in [0.2, 0.25) is 0 Å². The molecule has 1 aromatic heterocycles. The largest absolute Gasteiger partial charge is 0.469 e. The first kappa shape index (κ1) is 14.3. The summed E-state index contributed by atoms with van der Waals surface area (Å²) in [6.07, 6.45) is 3.47. The number of carbonyl (C=O) groups is 1. The van der Waals surface area contributed by atoms with E-state index in [9.17, 15) is 4.79 Å². The van der Waals surface area contributed by atoms with Crippen LogP contribution in [0, 0.1) is 17.2 Å².